The normalized spacial score (nSPS) is 16.7. The van der Waals surface area contributed by atoms with Gasteiger partial charge in [0.1, 0.15) is 0 Å². The van der Waals surface area contributed by atoms with Crippen LogP contribution in [0.25, 0.3) is 0 Å². The van der Waals surface area contributed by atoms with Gasteiger partial charge in [-0.15, -0.1) is 0 Å². The summed E-state index contributed by atoms with van der Waals surface area (Å²) in [6.07, 6.45) is 1.07. The minimum absolute atomic E-state index is 0.0807. The molecule has 0 saturated carbocycles. The molecule has 1 aliphatic rings. The summed E-state index contributed by atoms with van der Waals surface area (Å²) in [6, 6.07) is 18.5. The molecule has 2 aromatic carbocycles. The summed E-state index contributed by atoms with van der Waals surface area (Å²) < 4.78 is 0. The summed E-state index contributed by atoms with van der Waals surface area (Å²) in [5.41, 5.74) is 2.93. The average molecular weight is 380 g/mol. The number of anilines is 1. The van der Waals surface area contributed by atoms with Crippen molar-refractivity contribution >= 4 is 17.6 Å². The zero-order valence-corrected chi connectivity index (χ0v) is 16.6. The molecule has 1 amide bonds. The largest absolute Gasteiger partial charge is 0.369 e. The lowest BCUT2D eigenvalue weighted by Crippen LogP contribution is -2.44. The first-order valence-corrected chi connectivity index (χ1v) is 9.85. The van der Waals surface area contributed by atoms with Gasteiger partial charge in [-0.3, -0.25) is 4.79 Å². The summed E-state index contributed by atoms with van der Waals surface area (Å²) in [5.74, 6) is 0.732. The highest BCUT2D eigenvalue weighted by Gasteiger charge is 2.23. The van der Waals surface area contributed by atoms with E-state index in [2.05, 4.69) is 52.0 Å². The lowest BCUT2D eigenvalue weighted by molar-refractivity contribution is 0.0963. The van der Waals surface area contributed by atoms with Crippen LogP contribution >= 0.6 is 0 Å². The number of amides is 1. The molecule has 1 unspecified atom stereocenters. The first-order valence-electron chi connectivity index (χ1n) is 9.85. The van der Waals surface area contributed by atoms with Crippen LogP contribution in [-0.4, -0.2) is 44.6 Å². The lowest BCUT2D eigenvalue weighted by atomic mass is 10.1. The number of aliphatic imine (C=N–C) groups is 1. The summed E-state index contributed by atoms with van der Waals surface area (Å²) in [4.78, 5) is 18.9. The fourth-order valence-electron chi connectivity index (χ4n) is 3.39. The highest BCUT2D eigenvalue weighted by molar-refractivity contribution is 5.94. The molecule has 2 aromatic rings. The summed E-state index contributed by atoms with van der Waals surface area (Å²) in [6.45, 7) is 5.39. The van der Waals surface area contributed by atoms with Gasteiger partial charge in [0.25, 0.3) is 5.91 Å². The van der Waals surface area contributed by atoms with Crippen LogP contribution < -0.4 is 20.9 Å². The van der Waals surface area contributed by atoms with E-state index in [1.807, 2.05) is 30.3 Å². The van der Waals surface area contributed by atoms with Gasteiger partial charge in [0.2, 0.25) is 0 Å². The molecule has 0 spiro atoms. The fraction of sp³-hybridized carbons (Fsp3) is 0.364. The quantitative estimate of drug-likeness (QED) is 0.532. The van der Waals surface area contributed by atoms with E-state index in [-0.39, 0.29) is 5.91 Å². The molecule has 3 N–H and O–H groups in total. The third-order valence-electron chi connectivity index (χ3n) is 4.83. The molecule has 0 aliphatic carbocycles. The molecule has 1 atom stereocenters. The Hall–Kier alpha value is -3.02. The SMILES string of the molecule is CCNC(=NCc1cccc(C(=O)NC)c1)NC1CCN(c2ccccc2)C1. The van der Waals surface area contributed by atoms with Crippen LogP contribution in [0, 0.1) is 0 Å². The van der Waals surface area contributed by atoms with Gasteiger partial charge in [-0.25, -0.2) is 4.99 Å². The Kier molecular flexibility index (Phi) is 6.89. The van der Waals surface area contributed by atoms with E-state index in [0.717, 1.165) is 37.6 Å². The number of para-hydroxylation sites is 1. The van der Waals surface area contributed by atoms with Crippen molar-refractivity contribution in [2.45, 2.75) is 25.9 Å². The number of guanidine groups is 1. The Labute approximate surface area is 167 Å². The molecular weight excluding hydrogens is 350 g/mol. The number of rotatable bonds is 6. The van der Waals surface area contributed by atoms with Crippen molar-refractivity contribution < 1.29 is 4.79 Å². The number of hydrogen-bond donors (Lipinski definition) is 3. The second-order valence-corrected chi connectivity index (χ2v) is 6.89. The van der Waals surface area contributed by atoms with Crippen molar-refractivity contribution in [1.29, 1.82) is 0 Å². The van der Waals surface area contributed by atoms with Crippen LogP contribution in [-0.2, 0) is 6.54 Å². The van der Waals surface area contributed by atoms with Gasteiger partial charge < -0.3 is 20.9 Å². The molecule has 28 heavy (non-hydrogen) atoms. The Bertz CT molecular complexity index is 806. The molecule has 0 bridgehead atoms. The molecule has 6 nitrogen and oxygen atoms in total. The number of benzene rings is 2. The third kappa shape index (κ3) is 5.25. The summed E-state index contributed by atoms with van der Waals surface area (Å²) in [7, 11) is 1.64. The lowest BCUT2D eigenvalue weighted by Gasteiger charge is -2.20. The van der Waals surface area contributed by atoms with Crippen LogP contribution in [0.4, 0.5) is 5.69 Å². The monoisotopic (exact) mass is 379 g/mol. The molecule has 0 radical (unpaired) electrons. The van der Waals surface area contributed by atoms with Crippen molar-refractivity contribution in [1.82, 2.24) is 16.0 Å². The standard InChI is InChI=1S/C22H29N5O/c1-3-24-22(25-15-17-8-7-9-18(14-17)21(28)23-2)26-19-12-13-27(16-19)20-10-5-4-6-11-20/h4-11,14,19H,3,12-13,15-16H2,1-2H3,(H,23,28)(H2,24,25,26). The van der Waals surface area contributed by atoms with E-state index in [9.17, 15) is 4.79 Å². The van der Waals surface area contributed by atoms with Crippen LogP contribution in [0.1, 0.15) is 29.3 Å². The maximum absolute atomic E-state index is 11.8. The molecule has 3 rings (SSSR count). The molecule has 1 heterocycles. The van der Waals surface area contributed by atoms with Gasteiger partial charge in [0, 0.05) is 44.0 Å². The highest BCUT2D eigenvalue weighted by Crippen LogP contribution is 2.19. The summed E-state index contributed by atoms with van der Waals surface area (Å²) >= 11 is 0. The van der Waals surface area contributed by atoms with E-state index in [4.69, 9.17) is 4.99 Å². The average Bonchev–Trinajstić information content (AvgIpc) is 3.21. The van der Waals surface area contributed by atoms with Crippen LogP contribution in [0.15, 0.2) is 59.6 Å². The Morgan fingerprint density at radius 1 is 1.18 bits per heavy atom. The maximum Gasteiger partial charge on any atom is 0.251 e. The van der Waals surface area contributed by atoms with Gasteiger partial charge in [-0.1, -0.05) is 30.3 Å². The van der Waals surface area contributed by atoms with Crippen molar-refractivity contribution in [2.24, 2.45) is 4.99 Å². The Morgan fingerprint density at radius 2 is 2.00 bits per heavy atom. The molecule has 1 fully saturated rings. The fourth-order valence-corrected chi connectivity index (χ4v) is 3.39. The minimum atomic E-state index is -0.0807. The van der Waals surface area contributed by atoms with E-state index >= 15 is 0 Å². The Balaban J connectivity index is 1.61. The van der Waals surface area contributed by atoms with Crippen LogP contribution in [0.3, 0.4) is 0 Å². The number of nitrogens with zero attached hydrogens (tertiary/aromatic N) is 2. The maximum atomic E-state index is 11.8. The van der Waals surface area contributed by atoms with E-state index in [1.165, 1.54) is 5.69 Å². The van der Waals surface area contributed by atoms with Gasteiger partial charge in [-0.05, 0) is 43.2 Å². The minimum Gasteiger partial charge on any atom is -0.369 e. The third-order valence-corrected chi connectivity index (χ3v) is 4.83. The molecule has 1 saturated heterocycles. The van der Waals surface area contributed by atoms with Gasteiger partial charge in [-0.2, -0.15) is 0 Å². The summed E-state index contributed by atoms with van der Waals surface area (Å²) in [5, 5.41) is 9.53. The predicted molar refractivity (Wildman–Crippen MR) is 115 cm³/mol. The zero-order chi connectivity index (χ0) is 19.8. The van der Waals surface area contributed by atoms with E-state index in [0.29, 0.717) is 18.2 Å². The van der Waals surface area contributed by atoms with Crippen molar-refractivity contribution in [3.63, 3.8) is 0 Å². The predicted octanol–water partition coefficient (Wildman–Crippen LogP) is 2.38. The van der Waals surface area contributed by atoms with Crippen LogP contribution in [0.2, 0.25) is 0 Å². The van der Waals surface area contributed by atoms with Crippen molar-refractivity contribution in [2.75, 3.05) is 31.6 Å². The number of nitrogens with one attached hydrogen (secondary N) is 3. The Morgan fingerprint density at radius 3 is 2.75 bits per heavy atom. The topological polar surface area (TPSA) is 68.8 Å². The first-order chi connectivity index (χ1) is 13.7. The van der Waals surface area contributed by atoms with Crippen molar-refractivity contribution in [3.05, 3.63) is 65.7 Å². The molecule has 148 valence electrons. The highest BCUT2D eigenvalue weighted by atomic mass is 16.1. The van der Waals surface area contributed by atoms with E-state index in [1.54, 1.807) is 7.05 Å². The zero-order valence-electron chi connectivity index (χ0n) is 16.6. The number of hydrogen-bond acceptors (Lipinski definition) is 3. The van der Waals surface area contributed by atoms with E-state index < -0.39 is 0 Å². The molecular formula is C22H29N5O. The van der Waals surface area contributed by atoms with Gasteiger partial charge >= 0.3 is 0 Å². The first kappa shape index (κ1) is 19.7. The van der Waals surface area contributed by atoms with Gasteiger partial charge in [0.05, 0.1) is 6.54 Å². The van der Waals surface area contributed by atoms with Crippen LogP contribution in [0.5, 0.6) is 0 Å². The molecule has 0 aromatic heterocycles. The number of carbonyl (C=O) groups is 1. The molecule has 6 heteroatoms. The second-order valence-electron chi connectivity index (χ2n) is 6.89. The second kappa shape index (κ2) is 9.78. The van der Waals surface area contributed by atoms with Crippen molar-refractivity contribution in [3.8, 4) is 0 Å². The smallest absolute Gasteiger partial charge is 0.251 e. The molecule has 1 aliphatic heterocycles. The number of carbonyl (C=O) groups excluding carboxylic acids is 1. The van der Waals surface area contributed by atoms with Gasteiger partial charge in [0.15, 0.2) is 5.96 Å².